The highest BCUT2D eigenvalue weighted by atomic mass is 15.3. The molecule has 5 heteroatoms. The topological polar surface area (TPSA) is 38.9 Å². The summed E-state index contributed by atoms with van der Waals surface area (Å²) in [6, 6.07) is 36.1. The molecule has 0 aliphatic rings. The fourth-order valence-electron chi connectivity index (χ4n) is 5.43. The van der Waals surface area contributed by atoms with Crippen LogP contribution in [0, 0.1) is 0 Å². The van der Waals surface area contributed by atoms with Crippen molar-refractivity contribution in [2.45, 2.75) is 39.5 Å². The van der Waals surface area contributed by atoms with Gasteiger partial charge in [0.1, 0.15) is 0 Å². The molecule has 2 heterocycles. The van der Waals surface area contributed by atoms with E-state index in [0.717, 1.165) is 34.0 Å². The monoisotopic (exact) mass is 537 g/mol. The minimum atomic E-state index is 0.412. The Balaban J connectivity index is 1.43. The van der Waals surface area contributed by atoms with Gasteiger partial charge in [-0.1, -0.05) is 82.3 Å². The van der Waals surface area contributed by atoms with Crippen molar-refractivity contribution in [3.05, 3.63) is 139 Å². The second-order valence-electron chi connectivity index (χ2n) is 11.0. The van der Waals surface area contributed by atoms with Crippen molar-refractivity contribution < 1.29 is 0 Å². The number of rotatable bonds is 8. The zero-order chi connectivity index (χ0) is 28.3. The first-order valence-corrected chi connectivity index (χ1v) is 14.2. The summed E-state index contributed by atoms with van der Waals surface area (Å²) in [4.78, 5) is 7.17. The zero-order valence-electron chi connectivity index (χ0n) is 24.0. The molecule has 0 amide bonds. The van der Waals surface area contributed by atoms with Crippen LogP contribution in [0.15, 0.2) is 128 Å². The summed E-state index contributed by atoms with van der Waals surface area (Å²) in [6.07, 6.45) is 7.88. The fraction of sp³-hybridized carbons (Fsp3) is 0.167. The van der Waals surface area contributed by atoms with E-state index in [-0.39, 0.29) is 0 Å². The van der Waals surface area contributed by atoms with Gasteiger partial charge in [0, 0.05) is 41.2 Å². The number of imidazole rings is 1. The first-order valence-electron chi connectivity index (χ1n) is 14.2. The number of para-hydroxylation sites is 2. The molecule has 0 bridgehead atoms. The van der Waals surface area contributed by atoms with Crippen LogP contribution < -0.4 is 4.90 Å². The van der Waals surface area contributed by atoms with E-state index in [1.807, 2.05) is 29.3 Å². The fourth-order valence-corrected chi connectivity index (χ4v) is 5.43. The standard InChI is InChI=1S/C36H35N5/c1-26(2)33-18-10-19-34(27(3)4)36(33)39-24-35(37-25-39)28-12-8-16-31(22-28)41(29-13-6-5-7-14-29)32-17-9-15-30(23-32)40-21-11-20-38-40/h5-27H,1-4H3. The summed E-state index contributed by atoms with van der Waals surface area (Å²) in [5, 5.41) is 4.43. The molecule has 5 nitrogen and oxygen atoms in total. The average Bonchev–Trinajstić information content (AvgIpc) is 3.71. The van der Waals surface area contributed by atoms with E-state index in [4.69, 9.17) is 4.98 Å². The lowest BCUT2D eigenvalue weighted by molar-refractivity contribution is 0.805. The van der Waals surface area contributed by atoms with Crippen molar-refractivity contribution in [3.63, 3.8) is 0 Å². The molecule has 4 aromatic carbocycles. The van der Waals surface area contributed by atoms with Crippen molar-refractivity contribution in [1.29, 1.82) is 0 Å². The van der Waals surface area contributed by atoms with Gasteiger partial charge in [-0.05, 0) is 71.5 Å². The molecule has 2 aromatic heterocycles. The molecule has 0 aliphatic heterocycles. The Labute approximate surface area is 242 Å². The lowest BCUT2D eigenvalue weighted by atomic mass is 9.92. The predicted molar refractivity (Wildman–Crippen MR) is 169 cm³/mol. The van der Waals surface area contributed by atoms with Crippen molar-refractivity contribution in [2.24, 2.45) is 0 Å². The van der Waals surface area contributed by atoms with Gasteiger partial charge in [-0.2, -0.15) is 5.10 Å². The second-order valence-corrected chi connectivity index (χ2v) is 11.0. The second kappa shape index (κ2) is 11.3. The highest BCUT2D eigenvalue weighted by Crippen LogP contribution is 2.37. The first-order chi connectivity index (χ1) is 20.0. The molecule has 0 spiro atoms. The van der Waals surface area contributed by atoms with Crippen LogP contribution in [-0.4, -0.2) is 19.3 Å². The minimum Gasteiger partial charge on any atom is -0.310 e. The van der Waals surface area contributed by atoms with E-state index in [0.29, 0.717) is 11.8 Å². The number of hydrogen-bond acceptors (Lipinski definition) is 3. The Kier molecular flexibility index (Phi) is 7.26. The molecule has 0 atom stereocenters. The maximum absolute atomic E-state index is 4.89. The average molecular weight is 538 g/mol. The van der Waals surface area contributed by atoms with E-state index in [1.54, 1.807) is 6.20 Å². The molecule has 0 fully saturated rings. The normalized spacial score (nSPS) is 11.4. The van der Waals surface area contributed by atoms with Crippen LogP contribution in [0.25, 0.3) is 22.6 Å². The number of nitrogens with zero attached hydrogens (tertiary/aromatic N) is 5. The van der Waals surface area contributed by atoms with Gasteiger partial charge in [-0.3, -0.25) is 0 Å². The summed E-state index contributed by atoms with van der Waals surface area (Å²) in [7, 11) is 0. The van der Waals surface area contributed by atoms with Gasteiger partial charge in [0.2, 0.25) is 0 Å². The summed E-state index contributed by atoms with van der Waals surface area (Å²) < 4.78 is 4.09. The van der Waals surface area contributed by atoms with Gasteiger partial charge in [-0.25, -0.2) is 9.67 Å². The predicted octanol–water partition coefficient (Wildman–Crippen LogP) is 9.44. The van der Waals surface area contributed by atoms with Crippen LogP contribution in [0.4, 0.5) is 17.1 Å². The number of benzene rings is 4. The SMILES string of the molecule is CC(C)c1cccc(C(C)C)c1-n1cnc(-c2cccc(N(c3ccccc3)c3cccc(-n4cccn4)c3)c2)c1. The van der Waals surface area contributed by atoms with Crippen LogP contribution in [-0.2, 0) is 0 Å². The first kappa shape index (κ1) is 26.3. The smallest absolute Gasteiger partial charge is 0.0999 e. The molecule has 0 aliphatic carbocycles. The van der Waals surface area contributed by atoms with Gasteiger partial charge < -0.3 is 9.47 Å². The summed E-state index contributed by atoms with van der Waals surface area (Å²) in [5.74, 6) is 0.824. The molecule has 41 heavy (non-hydrogen) atoms. The van der Waals surface area contributed by atoms with Gasteiger partial charge in [0.15, 0.2) is 0 Å². The van der Waals surface area contributed by atoms with Crippen molar-refractivity contribution in [2.75, 3.05) is 4.90 Å². The summed E-state index contributed by atoms with van der Waals surface area (Å²) in [6.45, 7) is 9.01. The van der Waals surface area contributed by atoms with Gasteiger partial charge in [-0.15, -0.1) is 0 Å². The highest BCUT2D eigenvalue weighted by molar-refractivity contribution is 5.80. The van der Waals surface area contributed by atoms with Crippen LogP contribution in [0.1, 0.15) is 50.7 Å². The third-order valence-electron chi connectivity index (χ3n) is 7.45. The van der Waals surface area contributed by atoms with Crippen LogP contribution >= 0.6 is 0 Å². The van der Waals surface area contributed by atoms with Crippen LogP contribution in [0.5, 0.6) is 0 Å². The molecule has 0 radical (unpaired) electrons. The number of anilines is 3. The van der Waals surface area contributed by atoms with Gasteiger partial charge in [0.25, 0.3) is 0 Å². The maximum Gasteiger partial charge on any atom is 0.0999 e. The highest BCUT2D eigenvalue weighted by Gasteiger charge is 2.18. The van der Waals surface area contributed by atoms with Crippen molar-refractivity contribution in [1.82, 2.24) is 19.3 Å². The quantitative estimate of drug-likeness (QED) is 0.194. The summed E-state index contributed by atoms with van der Waals surface area (Å²) >= 11 is 0. The van der Waals surface area contributed by atoms with E-state index < -0.39 is 0 Å². The lowest BCUT2D eigenvalue weighted by Crippen LogP contribution is -2.10. The Morgan fingerprint density at radius 1 is 0.659 bits per heavy atom. The third-order valence-corrected chi connectivity index (χ3v) is 7.45. The van der Waals surface area contributed by atoms with Gasteiger partial charge >= 0.3 is 0 Å². The van der Waals surface area contributed by atoms with E-state index >= 15 is 0 Å². The molecule has 0 N–H and O–H groups in total. The molecular formula is C36H35N5. The molecular weight excluding hydrogens is 502 g/mol. The molecule has 6 aromatic rings. The van der Waals surface area contributed by atoms with Crippen LogP contribution in [0.3, 0.4) is 0 Å². The summed E-state index contributed by atoms with van der Waals surface area (Å²) in [5.41, 5.74) is 10.1. The molecule has 0 saturated carbocycles. The number of aromatic nitrogens is 4. The Bertz CT molecular complexity index is 1720. The number of hydrogen-bond donors (Lipinski definition) is 0. The Hall–Kier alpha value is -4.90. The molecule has 0 saturated heterocycles. The van der Waals surface area contributed by atoms with E-state index in [9.17, 15) is 0 Å². The lowest BCUT2D eigenvalue weighted by Gasteiger charge is -2.26. The largest absolute Gasteiger partial charge is 0.310 e. The molecule has 204 valence electrons. The maximum atomic E-state index is 4.89. The molecule has 0 unspecified atom stereocenters. The Morgan fingerprint density at radius 2 is 1.32 bits per heavy atom. The van der Waals surface area contributed by atoms with Gasteiger partial charge in [0.05, 0.1) is 23.4 Å². The van der Waals surface area contributed by atoms with E-state index in [1.165, 1.54) is 16.8 Å². The van der Waals surface area contributed by atoms with Crippen molar-refractivity contribution >= 4 is 17.1 Å². The van der Waals surface area contributed by atoms with Crippen molar-refractivity contribution in [3.8, 4) is 22.6 Å². The molecule has 6 rings (SSSR count). The zero-order valence-corrected chi connectivity index (χ0v) is 24.0. The van der Waals surface area contributed by atoms with E-state index in [2.05, 4.69) is 139 Å². The van der Waals surface area contributed by atoms with Crippen LogP contribution in [0.2, 0.25) is 0 Å². The third kappa shape index (κ3) is 5.31. The minimum absolute atomic E-state index is 0.412. The Morgan fingerprint density at radius 3 is 2.00 bits per heavy atom.